The van der Waals surface area contributed by atoms with Crippen LogP contribution in [0.25, 0.3) is 0 Å². The van der Waals surface area contributed by atoms with Crippen molar-refractivity contribution in [1.29, 1.82) is 0 Å². The van der Waals surface area contributed by atoms with Gasteiger partial charge in [0.25, 0.3) is 8.32 Å². The van der Waals surface area contributed by atoms with E-state index in [1.807, 2.05) is 60.7 Å². The first-order valence-electron chi connectivity index (χ1n) is 8.56. The molecule has 0 aromatic heterocycles. The average Bonchev–Trinajstić information content (AvgIpc) is 3.00. The highest BCUT2D eigenvalue weighted by Crippen LogP contribution is 2.42. The zero-order valence-electron chi connectivity index (χ0n) is 14.3. The van der Waals surface area contributed by atoms with Crippen molar-refractivity contribution in [3.63, 3.8) is 0 Å². The lowest BCUT2D eigenvalue weighted by atomic mass is 9.95. The normalized spacial score (nSPS) is 18.5. The minimum atomic E-state index is -3.01. The van der Waals surface area contributed by atoms with Gasteiger partial charge in [-0.1, -0.05) is 74.5 Å². The number of carbonyl (C=O) groups is 1. The summed E-state index contributed by atoms with van der Waals surface area (Å²) >= 11 is 0. The van der Waals surface area contributed by atoms with Crippen LogP contribution in [0.3, 0.4) is 0 Å². The minimum Gasteiger partial charge on any atom is -0.424 e. The van der Waals surface area contributed by atoms with Crippen LogP contribution in [0.5, 0.6) is 0 Å². The predicted octanol–water partition coefficient (Wildman–Crippen LogP) is 2.04. The van der Waals surface area contributed by atoms with Gasteiger partial charge in [0.15, 0.2) is 0 Å². The highest BCUT2D eigenvalue weighted by Gasteiger charge is 2.51. The lowest BCUT2D eigenvalue weighted by Crippen LogP contribution is -2.65. The third-order valence-corrected chi connectivity index (χ3v) is 9.78. The maximum atomic E-state index is 12.1. The van der Waals surface area contributed by atoms with Crippen molar-refractivity contribution in [3.8, 4) is 0 Å². The van der Waals surface area contributed by atoms with Crippen molar-refractivity contribution in [2.75, 3.05) is 6.54 Å². The molecule has 3 nitrogen and oxygen atoms in total. The summed E-state index contributed by atoms with van der Waals surface area (Å²) < 4.78 is 0. The number of carbonyl (C=O) groups excluding carboxylic acids is 1. The van der Waals surface area contributed by atoms with Gasteiger partial charge in [-0.05, 0) is 28.3 Å². The molecule has 0 radical (unpaired) electrons. The number of amides is 1. The Bertz CT molecular complexity index is 661. The number of hydrogen-bond acceptors (Lipinski definition) is 2. The smallest absolute Gasteiger partial charge is 0.258 e. The van der Waals surface area contributed by atoms with Gasteiger partial charge in [0.05, 0.1) is 0 Å². The minimum absolute atomic E-state index is 0.00792. The Labute approximate surface area is 144 Å². The molecule has 2 aromatic rings. The summed E-state index contributed by atoms with van der Waals surface area (Å²) in [4.78, 5) is 24.1. The lowest BCUT2D eigenvalue weighted by Gasteiger charge is -2.42. The Morgan fingerprint density at radius 2 is 1.54 bits per heavy atom. The van der Waals surface area contributed by atoms with Crippen molar-refractivity contribution < 1.29 is 9.59 Å². The van der Waals surface area contributed by atoms with E-state index < -0.39 is 8.32 Å². The summed E-state index contributed by atoms with van der Waals surface area (Å²) in [6, 6.07) is 20.0. The van der Waals surface area contributed by atoms with Crippen LogP contribution in [-0.4, -0.2) is 25.6 Å². The maximum absolute atomic E-state index is 12.1. The van der Waals surface area contributed by atoms with Crippen LogP contribution in [-0.2, 0) is 4.79 Å². The van der Waals surface area contributed by atoms with Crippen molar-refractivity contribution >= 4 is 24.6 Å². The molecule has 0 aliphatic carbocycles. The third-order valence-electron chi connectivity index (χ3n) is 5.28. The van der Waals surface area contributed by atoms with Crippen LogP contribution in [0.4, 0.5) is 0 Å². The number of benzene rings is 2. The van der Waals surface area contributed by atoms with Gasteiger partial charge in [-0.2, -0.15) is 0 Å². The van der Waals surface area contributed by atoms with E-state index >= 15 is 0 Å². The second kappa shape index (κ2) is 6.53. The van der Waals surface area contributed by atoms with E-state index in [0.717, 1.165) is 23.3 Å². The molecule has 0 bridgehead atoms. The van der Waals surface area contributed by atoms with Gasteiger partial charge in [0.1, 0.15) is 0 Å². The highest BCUT2D eigenvalue weighted by atomic mass is 28.4. The fourth-order valence-electron chi connectivity index (χ4n) is 3.91. The van der Waals surface area contributed by atoms with Gasteiger partial charge in [-0.15, -0.1) is 0 Å². The van der Waals surface area contributed by atoms with Crippen LogP contribution in [0.2, 0.25) is 5.04 Å². The van der Waals surface area contributed by atoms with Crippen LogP contribution < -0.4 is 15.7 Å². The molecule has 1 heterocycles. The molecule has 0 unspecified atom stereocenters. The highest BCUT2D eigenvalue weighted by molar-refractivity contribution is 6.98. The molecule has 1 fully saturated rings. The molecular weight excluding hydrogens is 314 g/mol. The lowest BCUT2D eigenvalue weighted by molar-refractivity contribution is -0.122. The Balaban J connectivity index is 2.05. The van der Waals surface area contributed by atoms with E-state index in [2.05, 4.69) is 19.2 Å². The largest absolute Gasteiger partial charge is 0.424 e. The van der Waals surface area contributed by atoms with Crippen molar-refractivity contribution in [2.45, 2.75) is 31.7 Å². The Hall–Kier alpha value is -1.91. The molecule has 0 saturated carbocycles. The maximum Gasteiger partial charge on any atom is 0.258 e. The van der Waals surface area contributed by atoms with E-state index in [1.165, 1.54) is 0 Å². The molecule has 1 aliphatic heterocycles. The summed E-state index contributed by atoms with van der Waals surface area (Å²) in [5, 5.41) is 4.56. The first-order chi connectivity index (χ1) is 11.4. The van der Waals surface area contributed by atoms with Crippen LogP contribution in [0.1, 0.15) is 26.7 Å². The average molecular weight is 340 g/mol. The molecule has 3 rings (SSSR count). The second-order valence-corrected chi connectivity index (χ2v) is 11.2. The second-order valence-electron chi connectivity index (χ2n) is 7.31. The zero-order valence-corrected chi connectivity index (χ0v) is 15.3. The van der Waals surface area contributed by atoms with Crippen LogP contribution in [0, 0.1) is 5.92 Å². The summed E-state index contributed by atoms with van der Waals surface area (Å²) in [6.07, 6.45) is 1.56. The van der Waals surface area contributed by atoms with Crippen molar-refractivity contribution in [2.24, 2.45) is 5.92 Å². The Morgan fingerprint density at radius 1 is 1.04 bits per heavy atom. The van der Waals surface area contributed by atoms with Crippen molar-refractivity contribution in [1.82, 2.24) is 5.32 Å². The number of rotatable bonds is 5. The van der Waals surface area contributed by atoms with Gasteiger partial charge in [0.2, 0.25) is 5.91 Å². The molecule has 4 heteroatoms. The van der Waals surface area contributed by atoms with E-state index in [4.69, 9.17) is 0 Å². The van der Waals surface area contributed by atoms with E-state index in [-0.39, 0.29) is 16.9 Å². The Kier molecular flexibility index (Phi) is 4.61. The van der Waals surface area contributed by atoms with E-state index in [1.54, 1.807) is 0 Å². The topological polar surface area (TPSA) is 49.3 Å². The van der Waals surface area contributed by atoms with Gasteiger partial charge in [-0.3, -0.25) is 4.79 Å². The third kappa shape index (κ3) is 2.92. The van der Waals surface area contributed by atoms with Crippen molar-refractivity contribution in [3.05, 3.63) is 60.7 Å². The summed E-state index contributed by atoms with van der Waals surface area (Å²) in [6.45, 7) is 4.98. The van der Waals surface area contributed by atoms with Gasteiger partial charge in [0, 0.05) is 12.5 Å². The molecule has 24 heavy (non-hydrogen) atoms. The first kappa shape index (κ1) is 16.9. The monoisotopic (exact) mass is 339 g/mol. The van der Waals surface area contributed by atoms with Gasteiger partial charge >= 0.3 is 0 Å². The Morgan fingerprint density at radius 3 is 1.96 bits per heavy atom. The molecule has 1 atom stereocenters. The molecule has 1 saturated heterocycles. The standard InChI is InChI=1S/C20H25NO2Si/c1-20(2,15-16-13-14-21-19(16)22)24(23,17-9-5-3-6-10-17)18-11-7-4-8-12-18/h3-12,16,23H,13-15H2,1-2H3,(H,21,22)/t16-/m1/s1. The fourth-order valence-corrected chi connectivity index (χ4v) is 7.70. The van der Waals surface area contributed by atoms with Gasteiger partial charge < -0.3 is 10.1 Å². The predicted molar refractivity (Wildman–Crippen MR) is 99.9 cm³/mol. The molecule has 2 N–H and O–H groups in total. The van der Waals surface area contributed by atoms with E-state index in [0.29, 0.717) is 6.42 Å². The quantitative estimate of drug-likeness (QED) is 0.819. The summed E-state index contributed by atoms with van der Waals surface area (Å²) in [7, 11) is -3.01. The van der Waals surface area contributed by atoms with Gasteiger partial charge in [-0.25, -0.2) is 0 Å². The number of nitrogens with one attached hydrogen (secondary N) is 1. The fraction of sp³-hybridized carbons (Fsp3) is 0.350. The SMILES string of the molecule is CC(C)(C[C@H]1CCNC1=O)[Si](O)(c1ccccc1)c1ccccc1. The molecule has 1 amide bonds. The molecule has 0 spiro atoms. The first-order valence-corrected chi connectivity index (χ1v) is 10.5. The molecule has 126 valence electrons. The molecular formula is C20H25NO2Si. The van der Waals surface area contributed by atoms with Crippen LogP contribution in [0.15, 0.2) is 60.7 Å². The molecule has 2 aromatic carbocycles. The summed E-state index contributed by atoms with van der Waals surface area (Å²) in [5.41, 5.74) is 0. The molecule has 1 aliphatic rings. The van der Waals surface area contributed by atoms with E-state index in [9.17, 15) is 9.59 Å². The number of hydrogen-bond donors (Lipinski definition) is 2. The van der Waals surface area contributed by atoms with Crippen LogP contribution >= 0.6 is 0 Å². The summed E-state index contributed by atoms with van der Waals surface area (Å²) in [5.74, 6) is 0.118. The zero-order chi connectivity index (χ0) is 17.2.